The maximum Gasteiger partial charge on any atom is 0.0313 e. The third kappa shape index (κ3) is 10.2. The molecule has 0 fully saturated rings. The Labute approximate surface area is 125 Å². The van der Waals surface area contributed by atoms with E-state index in [1.807, 2.05) is 58.0 Å². The molecule has 2 aromatic carbocycles. The molecule has 0 atom stereocenters. The number of para-hydroxylation sites is 1. The highest BCUT2D eigenvalue weighted by Crippen LogP contribution is 2.06. The van der Waals surface area contributed by atoms with Crippen LogP contribution in [-0.4, -0.2) is 0 Å². The van der Waals surface area contributed by atoms with Gasteiger partial charge in [0.2, 0.25) is 0 Å². The predicted octanol–water partition coefficient (Wildman–Crippen LogP) is 5.88. The lowest BCUT2D eigenvalue weighted by molar-refractivity contribution is 1.11. The van der Waals surface area contributed by atoms with Crippen LogP contribution in [0, 0.1) is 6.92 Å². The molecule has 112 valence electrons. The fraction of sp³-hybridized carbons (Fsp3) is 0.368. The van der Waals surface area contributed by atoms with E-state index in [-0.39, 0.29) is 0 Å². The zero-order chi connectivity index (χ0) is 15.8. The van der Waals surface area contributed by atoms with Gasteiger partial charge in [0.05, 0.1) is 0 Å². The van der Waals surface area contributed by atoms with Gasteiger partial charge in [0.15, 0.2) is 0 Å². The molecule has 0 saturated heterocycles. The molecule has 1 heteroatoms. The van der Waals surface area contributed by atoms with Crippen molar-refractivity contribution in [1.82, 2.24) is 0 Å². The second kappa shape index (κ2) is 15.3. The van der Waals surface area contributed by atoms with Crippen LogP contribution in [0.1, 0.15) is 45.7 Å². The maximum atomic E-state index is 5.36. The Kier molecular flexibility index (Phi) is 15.7. The number of hydrogen-bond acceptors (Lipinski definition) is 1. The van der Waals surface area contributed by atoms with Crippen molar-refractivity contribution >= 4 is 5.69 Å². The lowest BCUT2D eigenvalue weighted by Crippen LogP contribution is -1.82. The Hall–Kier alpha value is -1.76. The molecule has 1 nitrogen and oxygen atoms in total. The number of rotatable bonds is 1. The first-order valence-corrected chi connectivity index (χ1v) is 7.59. The fourth-order valence-corrected chi connectivity index (χ4v) is 1.46. The standard InChI is InChI=1S/C9H12.C6H7N.2C2H6/c1-3-9-7-5-4-6-8(9)2;7-6-4-2-1-3-5-6;2*1-2/h4-7H,3H2,1-2H3;1-5H,7H2;2*1-2H3. The summed E-state index contributed by atoms with van der Waals surface area (Å²) in [6, 6.07) is 18.0. The van der Waals surface area contributed by atoms with Gasteiger partial charge in [-0.3, -0.25) is 0 Å². The van der Waals surface area contributed by atoms with E-state index in [4.69, 9.17) is 5.73 Å². The summed E-state index contributed by atoms with van der Waals surface area (Å²) in [6.45, 7) is 12.3. The lowest BCUT2D eigenvalue weighted by atomic mass is 10.1. The minimum atomic E-state index is 0.822. The minimum Gasteiger partial charge on any atom is -0.399 e. The molecule has 20 heavy (non-hydrogen) atoms. The summed E-state index contributed by atoms with van der Waals surface area (Å²) in [5, 5.41) is 0. The maximum absolute atomic E-state index is 5.36. The first-order valence-electron chi connectivity index (χ1n) is 7.59. The molecule has 2 rings (SSSR count). The molecule has 0 aliphatic rings. The zero-order valence-corrected chi connectivity index (χ0v) is 14.0. The van der Waals surface area contributed by atoms with Crippen LogP contribution < -0.4 is 5.73 Å². The van der Waals surface area contributed by atoms with E-state index in [0.717, 1.165) is 12.1 Å². The van der Waals surface area contributed by atoms with Gasteiger partial charge < -0.3 is 5.73 Å². The number of nitrogens with two attached hydrogens (primary N) is 1. The normalized spacial score (nSPS) is 7.90. The Balaban J connectivity index is 0. The zero-order valence-electron chi connectivity index (χ0n) is 14.0. The highest BCUT2D eigenvalue weighted by atomic mass is 14.5. The van der Waals surface area contributed by atoms with Gasteiger partial charge in [-0.25, -0.2) is 0 Å². The van der Waals surface area contributed by atoms with E-state index in [1.165, 1.54) is 11.1 Å². The summed E-state index contributed by atoms with van der Waals surface area (Å²) in [5.74, 6) is 0. The van der Waals surface area contributed by atoms with Crippen LogP contribution in [0.15, 0.2) is 54.6 Å². The molecule has 0 heterocycles. The number of benzene rings is 2. The van der Waals surface area contributed by atoms with Gasteiger partial charge in [-0.1, -0.05) is 77.1 Å². The summed E-state index contributed by atoms with van der Waals surface area (Å²) >= 11 is 0. The molecular weight excluding hydrogens is 242 g/mol. The number of aryl methyl sites for hydroxylation is 2. The van der Waals surface area contributed by atoms with Crippen molar-refractivity contribution in [3.8, 4) is 0 Å². The average molecular weight is 273 g/mol. The van der Waals surface area contributed by atoms with Crippen LogP contribution in [0.3, 0.4) is 0 Å². The van der Waals surface area contributed by atoms with Crippen molar-refractivity contribution in [1.29, 1.82) is 0 Å². The van der Waals surface area contributed by atoms with Crippen molar-refractivity contribution in [2.75, 3.05) is 5.73 Å². The molecule has 2 N–H and O–H groups in total. The van der Waals surface area contributed by atoms with Gasteiger partial charge in [-0.05, 0) is 36.6 Å². The van der Waals surface area contributed by atoms with Crippen LogP contribution in [-0.2, 0) is 6.42 Å². The Bertz CT molecular complexity index is 407. The average Bonchev–Trinajstić information content (AvgIpc) is 2.53. The first kappa shape index (κ1) is 20.6. The predicted molar refractivity (Wildman–Crippen MR) is 94.1 cm³/mol. The van der Waals surface area contributed by atoms with Crippen LogP contribution in [0.5, 0.6) is 0 Å². The summed E-state index contributed by atoms with van der Waals surface area (Å²) in [6.07, 6.45) is 1.15. The van der Waals surface area contributed by atoms with Crippen LogP contribution in [0.2, 0.25) is 0 Å². The largest absolute Gasteiger partial charge is 0.399 e. The molecule has 0 aliphatic carbocycles. The van der Waals surface area contributed by atoms with Gasteiger partial charge in [-0.2, -0.15) is 0 Å². The summed E-state index contributed by atoms with van der Waals surface area (Å²) in [7, 11) is 0. The molecule has 2 aromatic rings. The molecule has 0 aliphatic heterocycles. The molecular formula is C19H31N. The van der Waals surface area contributed by atoms with E-state index in [9.17, 15) is 0 Å². The van der Waals surface area contributed by atoms with Gasteiger partial charge in [-0.15, -0.1) is 0 Å². The molecule has 0 spiro atoms. The highest BCUT2D eigenvalue weighted by molar-refractivity contribution is 5.35. The molecule has 0 aromatic heterocycles. The van der Waals surface area contributed by atoms with E-state index < -0.39 is 0 Å². The van der Waals surface area contributed by atoms with E-state index in [2.05, 4.69) is 38.1 Å². The monoisotopic (exact) mass is 273 g/mol. The Morgan fingerprint density at radius 1 is 0.750 bits per heavy atom. The van der Waals surface area contributed by atoms with E-state index in [0.29, 0.717) is 0 Å². The molecule has 0 radical (unpaired) electrons. The van der Waals surface area contributed by atoms with Crippen molar-refractivity contribution in [2.24, 2.45) is 0 Å². The van der Waals surface area contributed by atoms with Gasteiger partial charge in [0, 0.05) is 5.69 Å². The highest BCUT2D eigenvalue weighted by Gasteiger charge is 1.89. The first-order chi connectivity index (χ1) is 9.74. The number of hydrogen-bond donors (Lipinski definition) is 1. The summed E-state index contributed by atoms with van der Waals surface area (Å²) < 4.78 is 0. The molecule has 0 unspecified atom stereocenters. The van der Waals surface area contributed by atoms with Crippen LogP contribution in [0.25, 0.3) is 0 Å². The molecule has 0 bridgehead atoms. The van der Waals surface area contributed by atoms with Crippen molar-refractivity contribution in [3.63, 3.8) is 0 Å². The number of anilines is 1. The van der Waals surface area contributed by atoms with Gasteiger partial charge >= 0.3 is 0 Å². The lowest BCUT2D eigenvalue weighted by Gasteiger charge is -1.98. The van der Waals surface area contributed by atoms with Crippen LogP contribution in [0.4, 0.5) is 5.69 Å². The second-order valence-corrected chi connectivity index (χ2v) is 3.69. The third-order valence-corrected chi connectivity index (χ3v) is 2.44. The molecule has 0 amide bonds. The minimum absolute atomic E-state index is 0.822. The van der Waals surface area contributed by atoms with Gasteiger partial charge in [0.1, 0.15) is 0 Å². The SMILES string of the molecule is CC.CC.CCc1ccccc1C.Nc1ccccc1. The Morgan fingerprint density at radius 3 is 1.50 bits per heavy atom. The van der Waals surface area contributed by atoms with Crippen molar-refractivity contribution in [3.05, 3.63) is 65.7 Å². The smallest absolute Gasteiger partial charge is 0.0313 e. The second-order valence-electron chi connectivity index (χ2n) is 3.69. The van der Waals surface area contributed by atoms with Crippen molar-refractivity contribution in [2.45, 2.75) is 48.0 Å². The van der Waals surface area contributed by atoms with Gasteiger partial charge in [0.25, 0.3) is 0 Å². The molecule has 0 saturated carbocycles. The number of nitrogen functional groups attached to an aromatic ring is 1. The van der Waals surface area contributed by atoms with E-state index in [1.54, 1.807) is 0 Å². The topological polar surface area (TPSA) is 26.0 Å². The van der Waals surface area contributed by atoms with E-state index >= 15 is 0 Å². The third-order valence-electron chi connectivity index (χ3n) is 2.44. The van der Waals surface area contributed by atoms with Crippen LogP contribution >= 0.6 is 0 Å². The van der Waals surface area contributed by atoms with Crippen molar-refractivity contribution < 1.29 is 0 Å². The summed E-state index contributed by atoms with van der Waals surface area (Å²) in [5.41, 5.74) is 9.04. The fourth-order valence-electron chi connectivity index (χ4n) is 1.46. The quantitative estimate of drug-likeness (QED) is 0.645. The Morgan fingerprint density at radius 2 is 1.20 bits per heavy atom. The summed E-state index contributed by atoms with van der Waals surface area (Å²) in [4.78, 5) is 0.